The Morgan fingerprint density at radius 1 is 1.60 bits per heavy atom. The fourth-order valence-electron chi connectivity index (χ4n) is 2.80. The van der Waals surface area contributed by atoms with Crippen LogP contribution in [-0.4, -0.2) is 27.9 Å². The molecule has 108 valence electrons. The van der Waals surface area contributed by atoms with E-state index in [1.807, 2.05) is 6.08 Å². The summed E-state index contributed by atoms with van der Waals surface area (Å²) in [4.78, 5) is 12.8. The predicted molar refractivity (Wildman–Crippen MR) is 77.7 cm³/mol. The normalized spacial score (nSPS) is 25.9. The minimum absolute atomic E-state index is 0.00454. The first-order valence-electron chi connectivity index (χ1n) is 6.95. The first kappa shape index (κ1) is 14.5. The van der Waals surface area contributed by atoms with Gasteiger partial charge in [-0.05, 0) is 49.1 Å². The molecule has 1 aromatic rings. The number of hydrogen-bond donors (Lipinski definition) is 1. The van der Waals surface area contributed by atoms with E-state index in [0.717, 1.165) is 25.7 Å². The van der Waals surface area contributed by atoms with Crippen molar-refractivity contribution in [3.8, 4) is 0 Å². The molecule has 1 aliphatic rings. The Hall–Kier alpha value is -1.91. The van der Waals surface area contributed by atoms with Crippen LogP contribution in [0.2, 0.25) is 0 Å². The van der Waals surface area contributed by atoms with Crippen LogP contribution < -0.4 is 4.90 Å². The van der Waals surface area contributed by atoms with Gasteiger partial charge in [0.1, 0.15) is 0 Å². The maximum Gasteiger partial charge on any atom is 0.413 e. The standard InChI is InChI=1S/C15H21N3O2/c1-3-12-6-8-15(2,9-7-12)11-18(14(19)20)13-5-4-10-16-17-13/h3-5,10,12H,1,6-9,11H2,2H3,(H,19,20)/t12-,15+. The van der Waals surface area contributed by atoms with Gasteiger partial charge in [-0.1, -0.05) is 13.0 Å². The first-order chi connectivity index (χ1) is 9.54. The molecule has 5 heteroatoms. The van der Waals surface area contributed by atoms with Gasteiger partial charge in [-0.2, -0.15) is 5.10 Å². The summed E-state index contributed by atoms with van der Waals surface area (Å²) in [5.74, 6) is 0.963. The molecule has 20 heavy (non-hydrogen) atoms. The summed E-state index contributed by atoms with van der Waals surface area (Å²) in [5.41, 5.74) is -0.00454. The third-order valence-electron chi connectivity index (χ3n) is 4.18. The van der Waals surface area contributed by atoms with Gasteiger partial charge in [0.25, 0.3) is 0 Å². The molecule has 1 aliphatic carbocycles. The Balaban J connectivity index is 2.09. The predicted octanol–water partition coefficient (Wildman–Crippen LogP) is 3.34. The molecule has 0 unspecified atom stereocenters. The number of carbonyl (C=O) groups is 1. The van der Waals surface area contributed by atoms with Crippen molar-refractivity contribution in [2.45, 2.75) is 32.6 Å². The number of aromatic nitrogens is 2. The minimum atomic E-state index is -0.974. The maximum atomic E-state index is 11.5. The van der Waals surface area contributed by atoms with Crippen LogP contribution in [0.4, 0.5) is 10.6 Å². The van der Waals surface area contributed by atoms with Crippen molar-refractivity contribution >= 4 is 11.9 Å². The van der Waals surface area contributed by atoms with Gasteiger partial charge in [0.15, 0.2) is 5.82 Å². The summed E-state index contributed by atoms with van der Waals surface area (Å²) < 4.78 is 0. The van der Waals surface area contributed by atoms with Gasteiger partial charge in [0, 0.05) is 12.7 Å². The summed E-state index contributed by atoms with van der Waals surface area (Å²) in [6.07, 6.45) is 6.75. The van der Waals surface area contributed by atoms with Crippen LogP contribution in [0.25, 0.3) is 0 Å². The van der Waals surface area contributed by atoms with Gasteiger partial charge in [0.2, 0.25) is 0 Å². The highest BCUT2D eigenvalue weighted by molar-refractivity contribution is 5.84. The molecule has 1 amide bonds. The second-order valence-corrected chi connectivity index (χ2v) is 5.83. The molecule has 2 rings (SSSR count). The molecule has 1 saturated carbocycles. The van der Waals surface area contributed by atoms with Crippen molar-refractivity contribution in [1.82, 2.24) is 10.2 Å². The molecular weight excluding hydrogens is 254 g/mol. The van der Waals surface area contributed by atoms with Crippen LogP contribution in [0.1, 0.15) is 32.6 Å². The zero-order valence-electron chi connectivity index (χ0n) is 11.8. The van der Waals surface area contributed by atoms with Crippen molar-refractivity contribution in [2.75, 3.05) is 11.4 Å². The molecule has 0 radical (unpaired) electrons. The van der Waals surface area contributed by atoms with E-state index in [4.69, 9.17) is 0 Å². The van der Waals surface area contributed by atoms with E-state index in [9.17, 15) is 9.90 Å². The maximum absolute atomic E-state index is 11.5. The average molecular weight is 275 g/mol. The van der Waals surface area contributed by atoms with E-state index in [-0.39, 0.29) is 5.41 Å². The molecule has 1 aromatic heterocycles. The third kappa shape index (κ3) is 3.35. The Morgan fingerprint density at radius 2 is 2.30 bits per heavy atom. The fraction of sp³-hybridized carbons (Fsp3) is 0.533. The summed E-state index contributed by atoms with van der Waals surface area (Å²) in [6.45, 7) is 6.46. The SMILES string of the molecule is C=C[C@H]1CC[C@@](C)(CN(C(=O)O)c2cccnn2)CC1. The van der Waals surface area contributed by atoms with E-state index in [1.54, 1.807) is 18.3 Å². The number of nitrogens with zero attached hydrogens (tertiary/aromatic N) is 3. The highest BCUT2D eigenvalue weighted by Crippen LogP contribution is 2.40. The van der Waals surface area contributed by atoms with Crippen LogP contribution in [0.15, 0.2) is 31.0 Å². The van der Waals surface area contributed by atoms with Crippen molar-refractivity contribution in [2.24, 2.45) is 11.3 Å². The lowest BCUT2D eigenvalue weighted by Crippen LogP contribution is -2.41. The molecular formula is C15H21N3O2. The molecule has 1 N–H and O–H groups in total. The second-order valence-electron chi connectivity index (χ2n) is 5.83. The molecule has 5 nitrogen and oxygen atoms in total. The second kappa shape index (κ2) is 6.03. The molecule has 0 aliphatic heterocycles. The topological polar surface area (TPSA) is 66.3 Å². The molecule has 0 atom stereocenters. The van der Waals surface area contributed by atoms with Crippen molar-refractivity contribution < 1.29 is 9.90 Å². The van der Waals surface area contributed by atoms with E-state index in [2.05, 4.69) is 23.7 Å². The molecule has 1 fully saturated rings. The van der Waals surface area contributed by atoms with Gasteiger partial charge in [-0.3, -0.25) is 4.90 Å². The van der Waals surface area contributed by atoms with E-state index >= 15 is 0 Å². The summed E-state index contributed by atoms with van der Waals surface area (Å²) in [5, 5.41) is 17.1. The number of carboxylic acid groups (broad SMARTS) is 1. The van der Waals surface area contributed by atoms with Gasteiger partial charge < -0.3 is 5.11 Å². The van der Waals surface area contributed by atoms with Crippen molar-refractivity contribution in [3.05, 3.63) is 31.0 Å². The summed E-state index contributed by atoms with van der Waals surface area (Å²) in [6, 6.07) is 3.38. The Kier molecular flexibility index (Phi) is 4.37. The molecule has 0 bridgehead atoms. The quantitative estimate of drug-likeness (QED) is 0.856. The van der Waals surface area contributed by atoms with E-state index in [0.29, 0.717) is 18.3 Å². The number of allylic oxidation sites excluding steroid dienone is 1. The van der Waals surface area contributed by atoms with Gasteiger partial charge in [-0.15, -0.1) is 11.7 Å². The lowest BCUT2D eigenvalue weighted by atomic mass is 9.71. The van der Waals surface area contributed by atoms with E-state index in [1.165, 1.54) is 4.90 Å². The van der Waals surface area contributed by atoms with Crippen LogP contribution >= 0.6 is 0 Å². The zero-order chi connectivity index (χ0) is 14.6. The highest BCUT2D eigenvalue weighted by Gasteiger charge is 2.34. The molecule has 1 heterocycles. The average Bonchev–Trinajstić information content (AvgIpc) is 2.46. The first-order valence-corrected chi connectivity index (χ1v) is 6.95. The third-order valence-corrected chi connectivity index (χ3v) is 4.18. The van der Waals surface area contributed by atoms with Crippen molar-refractivity contribution in [3.63, 3.8) is 0 Å². The zero-order valence-corrected chi connectivity index (χ0v) is 11.8. The highest BCUT2D eigenvalue weighted by atomic mass is 16.4. The number of amides is 1. The number of anilines is 1. The molecule has 0 spiro atoms. The van der Waals surface area contributed by atoms with Gasteiger partial charge >= 0.3 is 6.09 Å². The minimum Gasteiger partial charge on any atom is -0.465 e. The smallest absolute Gasteiger partial charge is 0.413 e. The van der Waals surface area contributed by atoms with Crippen LogP contribution in [-0.2, 0) is 0 Å². The van der Waals surface area contributed by atoms with Crippen molar-refractivity contribution in [1.29, 1.82) is 0 Å². The van der Waals surface area contributed by atoms with E-state index < -0.39 is 6.09 Å². The lowest BCUT2D eigenvalue weighted by molar-refractivity contribution is 0.174. The largest absolute Gasteiger partial charge is 0.465 e. The monoisotopic (exact) mass is 275 g/mol. The van der Waals surface area contributed by atoms with Crippen LogP contribution in [0, 0.1) is 11.3 Å². The number of rotatable bonds is 4. The Labute approximate surface area is 119 Å². The summed E-state index contributed by atoms with van der Waals surface area (Å²) >= 11 is 0. The molecule has 0 saturated heterocycles. The molecule has 0 aromatic carbocycles. The van der Waals surface area contributed by atoms with Gasteiger partial charge in [0.05, 0.1) is 0 Å². The fourth-order valence-corrected chi connectivity index (χ4v) is 2.80. The van der Waals surface area contributed by atoms with Crippen LogP contribution in [0.5, 0.6) is 0 Å². The van der Waals surface area contributed by atoms with Crippen LogP contribution in [0.3, 0.4) is 0 Å². The Bertz CT molecular complexity index is 467. The lowest BCUT2D eigenvalue weighted by Gasteiger charge is -2.39. The Morgan fingerprint density at radius 3 is 2.80 bits per heavy atom. The summed E-state index contributed by atoms with van der Waals surface area (Å²) in [7, 11) is 0. The number of hydrogen-bond acceptors (Lipinski definition) is 3. The van der Waals surface area contributed by atoms with Gasteiger partial charge in [-0.25, -0.2) is 4.79 Å².